The molecule has 0 bridgehead atoms. The maximum atomic E-state index is 13.0. The first kappa shape index (κ1) is 86.1. The fraction of sp³-hybridized carbons (Fsp3) is 0.942. The standard InChI is InChI=1S/C69H134O17P2/c1-9-61(7)47-39-31-25-27-34-42-50-67(72)80-56-65(86-69(74)52-44-36-28-26-32-40-48-62(8)10-2)58-84-88(77,78)82-54-63(70)53-81-87(75,76)83-57-64(85-68(73)51-43-35-24-20-19-22-30-38-46-60(5)6)55-79-66(71)49-41-33-23-18-16-14-12-11-13-15-17-21-29-37-45-59(3)4/h59-65,70H,9-58H2,1-8H3,(H,75,76)(H,77,78)/t61?,62?,63-,64-,65-/m1/s1. The summed E-state index contributed by atoms with van der Waals surface area (Å²) in [6.45, 7) is 14.0. The molecule has 7 atom stereocenters. The van der Waals surface area contributed by atoms with E-state index >= 15 is 0 Å². The van der Waals surface area contributed by atoms with Crippen LogP contribution in [0, 0.1) is 23.7 Å². The number of carbonyl (C=O) groups excluding carboxylic acids is 4. The first-order valence-electron chi connectivity index (χ1n) is 35.8. The first-order chi connectivity index (χ1) is 42.2. The number of carbonyl (C=O) groups is 4. The SMILES string of the molecule is CCC(C)CCCCCCCCC(=O)OC[C@H](COP(=O)(O)OC[C@H](O)COP(=O)(O)OC[C@@H](COC(=O)CCCCCCCCCCCCCCCCC(C)C)OC(=O)CCCCCCCCCCC(C)C)OC(=O)CCCCCCCCC(C)CC. The number of rotatable bonds is 66. The Labute approximate surface area is 537 Å². The van der Waals surface area contributed by atoms with Gasteiger partial charge in [0.2, 0.25) is 0 Å². The van der Waals surface area contributed by atoms with E-state index in [1.165, 1.54) is 135 Å². The van der Waals surface area contributed by atoms with Crippen molar-refractivity contribution >= 4 is 39.5 Å². The Bertz CT molecular complexity index is 1750. The number of esters is 4. The van der Waals surface area contributed by atoms with Gasteiger partial charge in [-0.05, 0) is 49.4 Å². The van der Waals surface area contributed by atoms with Crippen LogP contribution < -0.4 is 0 Å². The Morgan fingerprint density at radius 1 is 0.318 bits per heavy atom. The number of hydrogen-bond donors (Lipinski definition) is 3. The molecule has 0 amide bonds. The highest BCUT2D eigenvalue weighted by molar-refractivity contribution is 7.47. The van der Waals surface area contributed by atoms with Gasteiger partial charge in [-0.2, -0.15) is 0 Å². The molecule has 0 saturated heterocycles. The maximum Gasteiger partial charge on any atom is 0.472 e. The predicted octanol–water partition coefficient (Wildman–Crippen LogP) is 19.3. The van der Waals surface area contributed by atoms with Gasteiger partial charge in [-0.1, -0.05) is 287 Å². The van der Waals surface area contributed by atoms with E-state index in [1.807, 2.05) is 0 Å². The Morgan fingerprint density at radius 2 is 0.545 bits per heavy atom. The summed E-state index contributed by atoms with van der Waals surface area (Å²) in [6, 6.07) is 0. The van der Waals surface area contributed by atoms with Crippen molar-refractivity contribution in [1.82, 2.24) is 0 Å². The van der Waals surface area contributed by atoms with Gasteiger partial charge >= 0.3 is 39.5 Å². The molecule has 0 aromatic carbocycles. The maximum absolute atomic E-state index is 13.0. The van der Waals surface area contributed by atoms with Crippen LogP contribution in [-0.2, 0) is 65.4 Å². The molecule has 0 rings (SSSR count). The molecular weight excluding hydrogens is 1160 g/mol. The highest BCUT2D eigenvalue weighted by atomic mass is 31.2. The minimum absolute atomic E-state index is 0.101. The van der Waals surface area contributed by atoms with Gasteiger partial charge in [0.25, 0.3) is 0 Å². The molecule has 0 aromatic rings. The Hall–Kier alpha value is -1.94. The number of unbranched alkanes of at least 4 members (excludes halogenated alkanes) is 30. The molecule has 0 fully saturated rings. The van der Waals surface area contributed by atoms with Crippen LogP contribution in [0.3, 0.4) is 0 Å². The van der Waals surface area contributed by atoms with Crippen molar-refractivity contribution in [2.45, 2.75) is 356 Å². The number of phosphoric ester groups is 2. The van der Waals surface area contributed by atoms with Crippen molar-refractivity contribution in [2.24, 2.45) is 23.7 Å². The summed E-state index contributed by atoms with van der Waals surface area (Å²) in [7, 11) is -9.90. The van der Waals surface area contributed by atoms with E-state index in [0.717, 1.165) is 120 Å². The average molecular weight is 1300 g/mol. The largest absolute Gasteiger partial charge is 0.472 e. The monoisotopic (exact) mass is 1300 g/mol. The Kier molecular flexibility index (Phi) is 57.6. The minimum Gasteiger partial charge on any atom is -0.462 e. The normalized spacial score (nSPS) is 14.9. The molecule has 0 spiro atoms. The second-order valence-electron chi connectivity index (χ2n) is 26.4. The van der Waals surface area contributed by atoms with Crippen molar-refractivity contribution in [1.29, 1.82) is 0 Å². The van der Waals surface area contributed by atoms with Crippen molar-refractivity contribution < 1.29 is 80.2 Å². The molecule has 0 saturated carbocycles. The zero-order valence-electron chi connectivity index (χ0n) is 57.3. The lowest BCUT2D eigenvalue weighted by Crippen LogP contribution is -2.30. The van der Waals surface area contributed by atoms with Crippen molar-refractivity contribution in [2.75, 3.05) is 39.6 Å². The van der Waals surface area contributed by atoms with Gasteiger partial charge in [0.05, 0.1) is 26.4 Å². The van der Waals surface area contributed by atoms with Crippen LogP contribution >= 0.6 is 15.6 Å². The van der Waals surface area contributed by atoms with E-state index in [1.54, 1.807) is 0 Å². The molecule has 0 radical (unpaired) electrons. The van der Waals surface area contributed by atoms with Gasteiger partial charge in [0, 0.05) is 25.7 Å². The van der Waals surface area contributed by atoms with Gasteiger partial charge in [0.15, 0.2) is 12.2 Å². The topological polar surface area (TPSA) is 237 Å². The van der Waals surface area contributed by atoms with Crippen LogP contribution in [0.2, 0.25) is 0 Å². The predicted molar refractivity (Wildman–Crippen MR) is 354 cm³/mol. The third-order valence-corrected chi connectivity index (χ3v) is 18.4. The van der Waals surface area contributed by atoms with Gasteiger partial charge in [-0.25, -0.2) is 9.13 Å². The highest BCUT2D eigenvalue weighted by Crippen LogP contribution is 2.45. The van der Waals surface area contributed by atoms with Crippen molar-refractivity contribution in [3.8, 4) is 0 Å². The number of aliphatic hydroxyl groups is 1. The molecule has 0 heterocycles. The third-order valence-electron chi connectivity index (χ3n) is 16.5. The van der Waals surface area contributed by atoms with Gasteiger partial charge in [-0.3, -0.25) is 37.3 Å². The molecule has 88 heavy (non-hydrogen) atoms. The van der Waals surface area contributed by atoms with E-state index in [2.05, 4.69) is 55.4 Å². The first-order valence-corrected chi connectivity index (χ1v) is 38.8. The van der Waals surface area contributed by atoms with Crippen LogP contribution in [0.25, 0.3) is 0 Å². The summed E-state index contributed by atoms with van der Waals surface area (Å²) in [5, 5.41) is 10.6. The van der Waals surface area contributed by atoms with Crippen molar-refractivity contribution in [3.63, 3.8) is 0 Å². The smallest absolute Gasteiger partial charge is 0.462 e. The summed E-state index contributed by atoms with van der Waals surface area (Å²) >= 11 is 0. The number of hydrogen-bond acceptors (Lipinski definition) is 15. The molecule has 4 unspecified atom stereocenters. The molecule has 0 aromatic heterocycles. The van der Waals surface area contributed by atoms with Crippen molar-refractivity contribution in [3.05, 3.63) is 0 Å². The molecule has 0 aliphatic rings. The molecule has 17 nitrogen and oxygen atoms in total. The Balaban J connectivity index is 5.22. The van der Waals surface area contributed by atoms with Gasteiger partial charge in [0.1, 0.15) is 19.3 Å². The fourth-order valence-electron chi connectivity index (χ4n) is 10.2. The molecule has 0 aliphatic heterocycles. The summed E-state index contributed by atoms with van der Waals surface area (Å²) in [4.78, 5) is 72.4. The van der Waals surface area contributed by atoms with Crippen LogP contribution in [0.1, 0.15) is 338 Å². The van der Waals surface area contributed by atoms with Crippen LogP contribution in [0.4, 0.5) is 0 Å². The third kappa shape index (κ3) is 60.3. The van der Waals surface area contributed by atoms with Crippen LogP contribution in [-0.4, -0.2) is 96.7 Å². The van der Waals surface area contributed by atoms with Gasteiger partial charge < -0.3 is 33.8 Å². The van der Waals surface area contributed by atoms with Crippen LogP contribution in [0.15, 0.2) is 0 Å². The zero-order valence-corrected chi connectivity index (χ0v) is 59.1. The average Bonchev–Trinajstić information content (AvgIpc) is 3.51. The van der Waals surface area contributed by atoms with E-state index in [0.29, 0.717) is 25.7 Å². The lowest BCUT2D eigenvalue weighted by Gasteiger charge is -2.21. The molecule has 522 valence electrons. The molecule has 0 aliphatic carbocycles. The number of ether oxygens (including phenoxy) is 4. The quantitative estimate of drug-likeness (QED) is 0.0222. The Morgan fingerprint density at radius 3 is 0.807 bits per heavy atom. The zero-order chi connectivity index (χ0) is 65.4. The minimum atomic E-state index is -4.95. The van der Waals surface area contributed by atoms with Crippen LogP contribution in [0.5, 0.6) is 0 Å². The summed E-state index contributed by atoms with van der Waals surface area (Å²) < 4.78 is 68.2. The summed E-state index contributed by atoms with van der Waals surface area (Å²) in [5.74, 6) is 0.833. The molecule has 3 N–H and O–H groups in total. The summed E-state index contributed by atoms with van der Waals surface area (Å²) in [6.07, 6.45) is 40.5. The second kappa shape index (κ2) is 58.8. The lowest BCUT2D eigenvalue weighted by atomic mass is 10.00. The number of aliphatic hydroxyl groups excluding tert-OH is 1. The fourth-order valence-corrected chi connectivity index (χ4v) is 11.8. The van der Waals surface area contributed by atoms with E-state index in [-0.39, 0.29) is 25.7 Å². The highest BCUT2D eigenvalue weighted by Gasteiger charge is 2.30. The lowest BCUT2D eigenvalue weighted by molar-refractivity contribution is -0.161. The molecular formula is C69H134O17P2. The van der Waals surface area contributed by atoms with E-state index in [9.17, 15) is 43.2 Å². The van der Waals surface area contributed by atoms with E-state index in [4.69, 9.17) is 37.0 Å². The number of phosphoric acid groups is 2. The van der Waals surface area contributed by atoms with E-state index < -0.39 is 97.5 Å². The molecule has 19 heteroatoms. The summed E-state index contributed by atoms with van der Waals surface area (Å²) in [5.41, 5.74) is 0. The second-order valence-corrected chi connectivity index (χ2v) is 29.3. The van der Waals surface area contributed by atoms with Gasteiger partial charge in [-0.15, -0.1) is 0 Å².